The maximum Gasteiger partial charge on any atom is 0.407 e. The average Bonchev–Trinajstić information content (AvgIpc) is 3.37. The standard InChI is InChI=1S/C26H30N2O6/c1-26(2,3)28(14-22(29)30)24(31)23-21(12-13-33-23)27-25(32)34-15-20-18-10-6-4-8-16(18)17-9-5-7-11-19(17)20/h4-11,20-21,23H,12-15H2,1-3H3,(H,27,32)(H,29,30)/t21-,23+/m0/s1. The predicted molar refractivity (Wildman–Crippen MR) is 125 cm³/mol. The third-order valence-electron chi connectivity index (χ3n) is 6.35. The lowest BCUT2D eigenvalue weighted by Gasteiger charge is -2.36. The second kappa shape index (κ2) is 9.46. The molecule has 0 aromatic heterocycles. The van der Waals surface area contributed by atoms with E-state index in [0.717, 1.165) is 22.3 Å². The van der Waals surface area contributed by atoms with Crippen molar-refractivity contribution in [3.8, 4) is 11.1 Å². The van der Waals surface area contributed by atoms with Crippen LogP contribution >= 0.6 is 0 Å². The summed E-state index contributed by atoms with van der Waals surface area (Å²) in [5, 5.41) is 12.0. The van der Waals surface area contributed by atoms with Crippen molar-refractivity contribution >= 4 is 18.0 Å². The number of aliphatic carboxylic acids is 1. The fourth-order valence-electron chi connectivity index (χ4n) is 4.71. The minimum atomic E-state index is -1.11. The minimum Gasteiger partial charge on any atom is -0.480 e. The van der Waals surface area contributed by atoms with E-state index in [2.05, 4.69) is 17.4 Å². The number of nitrogens with one attached hydrogen (secondary N) is 1. The first-order valence-electron chi connectivity index (χ1n) is 11.4. The molecule has 1 saturated heterocycles. The molecule has 8 nitrogen and oxygen atoms in total. The topological polar surface area (TPSA) is 105 Å². The van der Waals surface area contributed by atoms with Crippen LogP contribution in [0.15, 0.2) is 48.5 Å². The highest BCUT2D eigenvalue weighted by atomic mass is 16.6. The predicted octanol–water partition coefficient (Wildman–Crippen LogP) is 3.39. The van der Waals surface area contributed by atoms with Gasteiger partial charge in [0.1, 0.15) is 13.2 Å². The second-order valence-electron chi connectivity index (χ2n) is 9.65. The Bertz CT molecular complexity index is 1050. The van der Waals surface area contributed by atoms with E-state index >= 15 is 0 Å². The number of alkyl carbamates (subject to hydrolysis) is 1. The Morgan fingerprint density at radius 2 is 1.65 bits per heavy atom. The Kier molecular flexibility index (Phi) is 6.61. The zero-order valence-corrected chi connectivity index (χ0v) is 19.6. The lowest BCUT2D eigenvalue weighted by molar-refractivity contribution is -0.154. The molecule has 2 N–H and O–H groups in total. The summed E-state index contributed by atoms with van der Waals surface area (Å²) in [6.07, 6.45) is -1.15. The molecule has 2 aliphatic rings. The van der Waals surface area contributed by atoms with Gasteiger partial charge in [-0.25, -0.2) is 4.79 Å². The van der Waals surface area contributed by atoms with Crippen LogP contribution < -0.4 is 5.32 Å². The van der Waals surface area contributed by atoms with Crippen LogP contribution in [0.5, 0.6) is 0 Å². The SMILES string of the molecule is CC(C)(C)N(CC(=O)O)C(=O)[C@@H]1OCC[C@@H]1NC(=O)OCC1c2ccccc2-c2ccccc21. The van der Waals surface area contributed by atoms with Gasteiger partial charge in [-0.2, -0.15) is 0 Å². The van der Waals surface area contributed by atoms with Gasteiger partial charge in [-0.3, -0.25) is 9.59 Å². The Labute approximate surface area is 198 Å². The van der Waals surface area contributed by atoms with Crippen LogP contribution in [-0.2, 0) is 19.1 Å². The van der Waals surface area contributed by atoms with E-state index in [-0.39, 0.29) is 19.1 Å². The van der Waals surface area contributed by atoms with E-state index in [0.29, 0.717) is 6.42 Å². The Balaban J connectivity index is 1.41. The Morgan fingerprint density at radius 3 is 2.21 bits per heavy atom. The van der Waals surface area contributed by atoms with Crippen LogP contribution in [-0.4, -0.2) is 65.4 Å². The van der Waals surface area contributed by atoms with E-state index in [1.807, 2.05) is 36.4 Å². The molecule has 2 aromatic rings. The third-order valence-corrected chi connectivity index (χ3v) is 6.35. The molecular weight excluding hydrogens is 436 g/mol. The summed E-state index contributed by atoms with van der Waals surface area (Å²) in [6.45, 7) is 5.29. The maximum absolute atomic E-state index is 13.1. The molecular formula is C26H30N2O6. The molecule has 8 heteroatoms. The number of amides is 2. The molecule has 2 amide bonds. The smallest absolute Gasteiger partial charge is 0.407 e. The van der Waals surface area contributed by atoms with E-state index < -0.39 is 42.2 Å². The first-order valence-corrected chi connectivity index (χ1v) is 11.4. The molecule has 0 radical (unpaired) electrons. The molecule has 180 valence electrons. The van der Waals surface area contributed by atoms with Crippen molar-refractivity contribution in [2.24, 2.45) is 0 Å². The van der Waals surface area contributed by atoms with E-state index in [4.69, 9.17) is 9.47 Å². The molecule has 1 aliphatic carbocycles. The van der Waals surface area contributed by atoms with E-state index in [9.17, 15) is 19.5 Å². The molecule has 2 aromatic carbocycles. The van der Waals surface area contributed by atoms with Crippen LogP contribution in [0.3, 0.4) is 0 Å². The lowest BCUT2D eigenvalue weighted by atomic mass is 9.98. The van der Waals surface area contributed by atoms with Crippen LogP contribution in [0.25, 0.3) is 11.1 Å². The summed E-state index contributed by atoms with van der Waals surface area (Å²) >= 11 is 0. The lowest BCUT2D eigenvalue weighted by Crippen LogP contribution is -2.56. The number of hydrogen-bond acceptors (Lipinski definition) is 5. The van der Waals surface area contributed by atoms with Crippen molar-refractivity contribution in [3.63, 3.8) is 0 Å². The van der Waals surface area contributed by atoms with Gasteiger partial charge in [-0.15, -0.1) is 0 Å². The summed E-state index contributed by atoms with van der Waals surface area (Å²) in [5.41, 5.74) is 3.80. The number of ether oxygens (including phenoxy) is 2. The molecule has 1 fully saturated rings. The zero-order valence-electron chi connectivity index (χ0n) is 19.6. The van der Waals surface area contributed by atoms with Gasteiger partial charge in [0.2, 0.25) is 0 Å². The molecule has 2 atom stereocenters. The first-order chi connectivity index (χ1) is 16.2. The van der Waals surface area contributed by atoms with Gasteiger partial charge >= 0.3 is 12.1 Å². The van der Waals surface area contributed by atoms with E-state index in [1.165, 1.54) is 4.90 Å². The summed E-state index contributed by atoms with van der Waals surface area (Å²) in [7, 11) is 0. The number of rotatable bonds is 6. The highest BCUT2D eigenvalue weighted by molar-refractivity contribution is 5.87. The molecule has 34 heavy (non-hydrogen) atoms. The zero-order chi connectivity index (χ0) is 24.5. The van der Waals surface area contributed by atoms with Crippen LogP contribution in [0.4, 0.5) is 4.79 Å². The number of nitrogens with zero attached hydrogens (tertiary/aromatic N) is 1. The monoisotopic (exact) mass is 466 g/mol. The normalized spacial score (nSPS) is 19.3. The van der Waals surface area contributed by atoms with Crippen LogP contribution in [0.2, 0.25) is 0 Å². The maximum atomic E-state index is 13.1. The van der Waals surface area contributed by atoms with Gasteiger partial charge in [0.15, 0.2) is 6.10 Å². The number of carboxylic acid groups (broad SMARTS) is 1. The van der Waals surface area contributed by atoms with E-state index in [1.54, 1.807) is 20.8 Å². The summed E-state index contributed by atoms with van der Waals surface area (Å²) in [4.78, 5) is 38.3. The molecule has 1 heterocycles. The Hall–Kier alpha value is -3.39. The fourth-order valence-corrected chi connectivity index (χ4v) is 4.71. The van der Waals surface area contributed by atoms with Gasteiger partial charge in [0.25, 0.3) is 5.91 Å². The molecule has 1 aliphatic heterocycles. The van der Waals surface area contributed by atoms with Crippen molar-refractivity contribution in [1.29, 1.82) is 0 Å². The summed E-state index contributed by atoms with van der Waals surface area (Å²) in [6, 6.07) is 15.6. The molecule has 0 bridgehead atoms. The quantitative estimate of drug-likeness (QED) is 0.676. The number of benzene rings is 2. The van der Waals surface area contributed by atoms with Crippen molar-refractivity contribution in [2.45, 2.75) is 50.8 Å². The number of carbonyl (C=O) groups excluding carboxylic acids is 2. The fraction of sp³-hybridized carbons (Fsp3) is 0.423. The highest BCUT2D eigenvalue weighted by Gasteiger charge is 2.41. The van der Waals surface area contributed by atoms with Crippen LogP contribution in [0.1, 0.15) is 44.2 Å². The van der Waals surface area contributed by atoms with Gasteiger partial charge in [-0.1, -0.05) is 48.5 Å². The van der Waals surface area contributed by atoms with Crippen LogP contribution in [0, 0.1) is 0 Å². The van der Waals surface area contributed by atoms with Gasteiger partial charge in [0, 0.05) is 18.1 Å². The minimum absolute atomic E-state index is 0.0673. The van der Waals surface area contributed by atoms with Crippen molar-refractivity contribution in [1.82, 2.24) is 10.2 Å². The molecule has 0 unspecified atom stereocenters. The summed E-state index contributed by atoms with van der Waals surface area (Å²) < 4.78 is 11.2. The molecule has 0 spiro atoms. The van der Waals surface area contributed by atoms with Gasteiger partial charge in [-0.05, 0) is 49.4 Å². The number of hydrogen-bond donors (Lipinski definition) is 2. The van der Waals surface area contributed by atoms with Gasteiger partial charge < -0.3 is 24.8 Å². The Morgan fingerprint density at radius 1 is 1.06 bits per heavy atom. The van der Waals surface area contributed by atoms with Crippen molar-refractivity contribution < 1.29 is 29.0 Å². The average molecular weight is 467 g/mol. The second-order valence-corrected chi connectivity index (χ2v) is 9.65. The molecule has 4 rings (SSSR count). The van der Waals surface area contributed by atoms with Gasteiger partial charge in [0.05, 0.1) is 6.04 Å². The number of carboxylic acids is 1. The van der Waals surface area contributed by atoms with Crippen molar-refractivity contribution in [3.05, 3.63) is 59.7 Å². The largest absolute Gasteiger partial charge is 0.480 e. The first kappa shape index (κ1) is 23.8. The third kappa shape index (κ3) is 4.77. The highest BCUT2D eigenvalue weighted by Crippen LogP contribution is 2.44. The molecule has 0 saturated carbocycles. The van der Waals surface area contributed by atoms with Crippen molar-refractivity contribution in [2.75, 3.05) is 19.8 Å². The number of carbonyl (C=O) groups is 3. The number of fused-ring (bicyclic) bond motifs is 3. The summed E-state index contributed by atoms with van der Waals surface area (Å²) in [5.74, 6) is -1.64.